The molecule has 1 saturated carbocycles. The molecule has 0 aliphatic heterocycles. The Balaban J connectivity index is 1.95. The van der Waals surface area contributed by atoms with Crippen molar-refractivity contribution in [1.29, 1.82) is 0 Å². The molecule has 1 unspecified atom stereocenters. The van der Waals surface area contributed by atoms with E-state index in [2.05, 4.69) is 29.3 Å². The summed E-state index contributed by atoms with van der Waals surface area (Å²) in [6.07, 6.45) is 5.06. The number of nitrogens with zero attached hydrogens (tertiary/aromatic N) is 2. The minimum absolute atomic E-state index is 0.308. The quantitative estimate of drug-likeness (QED) is 0.833. The number of hydrogen-bond donors (Lipinski definition) is 1. The summed E-state index contributed by atoms with van der Waals surface area (Å²) in [6.45, 7) is 6.11. The fourth-order valence-electron chi connectivity index (χ4n) is 2.25. The predicted molar refractivity (Wildman–Crippen MR) is 62.5 cm³/mol. The lowest BCUT2D eigenvalue weighted by molar-refractivity contribution is 0.349. The molecule has 0 spiro atoms. The Morgan fingerprint density at radius 3 is 2.88 bits per heavy atom. The lowest BCUT2D eigenvalue weighted by Crippen LogP contribution is -2.19. The van der Waals surface area contributed by atoms with E-state index in [1.807, 2.05) is 0 Å². The summed E-state index contributed by atoms with van der Waals surface area (Å²) in [6, 6.07) is 0. The van der Waals surface area contributed by atoms with Crippen molar-refractivity contribution in [2.75, 3.05) is 13.1 Å². The average Bonchev–Trinajstić information content (AvgIpc) is 2.94. The van der Waals surface area contributed by atoms with E-state index in [0.29, 0.717) is 11.8 Å². The molecule has 4 nitrogen and oxygen atoms in total. The van der Waals surface area contributed by atoms with Gasteiger partial charge in [0.25, 0.3) is 0 Å². The molecule has 90 valence electrons. The van der Waals surface area contributed by atoms with Crippen LogP contribution in [0.1, 0.15) is 63.1 Å². The van der Waals surface area contributed by atoms with E-state index in [1.54, 1.807) is 0 Å². The summed E-state index contributed by atoms with van der Waals surface area (Å²) in [5, 5.41) is 7.41. The highest BCUT2D eigenvalue weighted by Gasteiger charge is 2.23. The van der Waals surface area contributed by atoms with Gasteiger partial charge in [-0.05, 0) is 19.4 Å². The largest absolute Gasteiger partial charge is 0.339 e. The van der Waals surface area contributed by atoms with Crippen molar-refractivity contribution in [3.63, 3.8) is 0 Å². The molecule has 0 amide bonds. The van der Waals surface area contributed by atoms with Crippen LogP contribution >= 0.6 is 0 Å². The molecule has 0 aromatic carbocycles. The predicted octanol–water partition coefficient (Wildman–Crippen LogP) is 2.44. The van der Waals surface area contributed by atoms with Gasteiger partial charge in [0.15, 0.2) is 5.82 Å². The maximum atomic E-state index is 5.33. The van der Waals surface area contributed by atoms with E-state index in [1.165, 1.54) is 25.7 Å². The van der Waals surface area contributed by atoms with E-state index in [4.69, 9.17) is 4.52 Å². The molecule has 1 fully saturated rings. The lowest BCUT2D eigenvalue weighted by Gasteiger charge is -2.05. The van der Waals surface area contributed by atoms with E-state index in [-0.39, 0.29) is 0 Å². The zero-order chi connectivity index (χ0) is 11.4. The molecule has 4 heteroatoms. The van der Waals surface area contributed by atoms with Gasteiger partial charge in [0.05, 0.1) is 0 Å². The average molecular weight is 223 g/mol. The first-order chi connectivity index (χ1) is 7.81. The molecule has 0 bridgehead atoms. The third-order valence-corrected chi connectivity index (χ3v) is 3.30. The van der Waals surface area contributed by atoms with E-state index >= 15 is 0 Å². The van der Waals surface area contributed by atoms with Crippen LogP contribution in [0.25, 0.3) is 0 Å². The van der Waals surface area contributed by atoms with Gasteiger partial charge in [0.1, 0.15) is 0 Å². The number of nitrogens with one attached hydrogen (secondary N) is 1. The summed E-state index contributed by atoms with van der Waals surface area (Å²) in [7, 11) is 0. The van der Waals surface area contributed by atoms with E-state index in [9.17, 15) is 0 Å². The molecule has 1 N–H and O–H groups in total. The molecular weight excluding hydrogens is 202 g/mol. The highest BCUT2D eigenvalue weighted by atomic mass is 16.5. The zero-order valence-corrected chi connectivity index (χ0v) is 10.2. The van der Waals surface area contributed by atoms with Crippen LogP contribution in [0.4, 0.5) is 0 Å². The Morgan fingerprint density at radius 2 is 2.19 bits per heavy atom. The van der Waals surface area contributed by atoms with Crippen molar-refractivity contribution >= 4 is 0 Å². The number of hydrogen-bond acceptors (Lipinski definition) is 4. The van der Waals surface area contributed by atoms with Crippen LogP contribution in [0.2, 0.25) is 0 Å². The van der Waals surface area contributed by atoms with Crippen LogP contribution < -0.4 is 5.32 Å². The smallest absolute Gasteiger partial charge is 0.230 e. The monoisotopic (exact) mass is 223 g/mol. The molecule has 1 aliphatic rings. The Labute approximate surface area is 96.8 Å². The van der Waals surface area contributed by atoms with Gasteiger partial charge >= 0.3 is 0 Å². The van der Waals surface area contributed by atoms with Crippen LogP contribution in [0.3, 0.4) is 0 Å². The molecule has 0 radical (unpaired) electrons. The molecule has 1 aromatic rings. The van der Waals surface area contributed by atoms with Crippen LogP contribution in [-0.2, 0) is 0 Å². The van der Waals surface area contributed by atoms with Crippen LogP contribution in [0, 0.1) is 0 Å². The highest BCUT2D eigenvalue weighted by Crippen LogP contribution is 2.32. The Kier molecular flexibility index (Phi) is 3.93. The fraction of sp³-hybridized carbons (Fsp3) is 0.833. The first-order valence-electron chi connectivity index (χ1n) is 6.35. The Bertz CT molecular complexity index is 318. The maximum Gasteiger partial charge on any atom is 0.230 e. The third kappa shape index (κ3) is 2.61. The molecule has 16 heavy (non-hydrogen) atoms. The van der Waals surface area contributed by atoms with Crippen molar-refractivity contribution in [2.45, 2.75) is 51.4 Å². The zero-order valence-electron chi connectivity index (χ0n) is 10.2. The van der Waals surface area contributed by atoms with Crippen molar-refractivity contribution in [1.82, 2.24) is 15.5 Å². The standard InChI is InChI=1S/C12H21N3O/c1-3-13-8-9(2)12-14-11(15-16-12)10-6-4-5-7-10/h9-10,13H,3-8H2,1-2H3. The number of rotatable bonds is 5. The summed E-state index contributed by atoms with van der Waals surface area (Å²) >= 11 is 0. The summed E-state index contributed by atoms with van der Waals surface area (Å²) in [5.74, 6) is 2.56. The fourth-order valence-corrected chi connectivity index (χ4v) is 2.25. The molecular formula is C12H21N3O. The minimum atomic E-state index is 0.308. The molecule has 1 aromatic heterocycles. The van der Waals surface area contributed by atoms with Gasteiger partial charge in [0.2, 0.25) is 5.89 Å². The van der Waals surface area contributed by atoms with E-state index < -0.39 is 0 Å². The number of likely N-dealkylation sites (N-methyl/N-ethyl adjacent to an activating group) is 1. The molecule has 1 heterocycles. The first kappa shape index (κ1) is 11.6. The topological polar surface area (TPSA) is 51.0 Å². The molecule has 1 aliphatic carbocycles. The second kappa shape index (κ2) is 5.43. The lowest BCUT2D eigenvalue weighted by atomic mass is 10.1. The van der Waals surface area contributed by atoms with Gasteiger partial charge in [-0.3, -0.25) is 0 Å². The van der Waals surface area contributed by atoms with Gasteiger partial charge in [-0.15, -0.1) is 0 Å². The van der Waals surface area contributed by atoms with Crippen molar-refractivity contribution < 1.29 is 4.52 Å². The van der Waals surface area contributed by atoms with Gasteiger partial charge in [0, 0.05) is 18.4 Å². The van der Waals surface area contributed by atoms with Crippen molar-refractivity contribution in [3.8, 4) is 0 Å². The molecule has 2 rings (SSSR count). The first-order valence-corrected chi connectivity index (χ1v) is 6.35. The van der Waals surface area contributed by atoms with Crippen LogP contribution in [0.15, 0.2) is 4.52 Å². The maximum absolute atomic E-state index is 5.33. The normalized spacial score (nSPS) is 19.1. The molecule has 1 atom stereocenters. The van der Waals surface area contributed by atoms with Gasteiger partial charge in [-0.1, -0.05) is 31.8 Å². The van der Waals surface area contributed by atoms with Gasteiger partial charge < -0.3 is 9.84 Å². The van der Waals surface area contributed by atoms with Gasteiger partial charge in [-0.25, -0.2) is 0 Å². The van der Waals surface area contributed by atoms with E-state index in [0.717, 1.165) is 24.8 Å². The van der Waals surface area contributed by atoms with Gasteiger partial charge in [-0.2, -0.15) is 4.98 Å². The summed E-state index contributed by atoms with van der Waals surface area (Å²) in [4.78, 5) is 4.53. The van der Waals surface area contributed by atoms with Crippen LogP contribution in [-0.4, -0.2) is 23.2 Å². The second-order valence-electron chi connectivity index (χ2n) is 4.68. The SMILES string of the molecule is CCNCC(C)c1nc(C2CCCC2)no1. The third-order valence-electron chi connectivity index (χ3n) is 3.30. The van der Waals surface area contributed by atoms with Crippen LogP contribution in [0.5, 0.6) is 0 Å². The van der Waals surface area contributed by atoms with Crippen molar-refractivity contribution in [2.24, 2.45) is 0 Å². The minimum Gasteiger partial charge on any atom is -0.339 e. The highest BCUT2D eigenvalue weighted by molar-refractivity contribution is 5.00. The molecule has 0 saturated heterocycles. The van der Waals surface area contributed by atoms with Crippen molar-refractivity contribution in [3.05, 3.63) is 11.7 Å². The Hall–Kier alpha value is -0.900. The number of aromatic nitrogens is 2. The summed E-state index contributed by atoms with van der Waals surface area (Å²) < 4.78 is 5.33. The Morgan fingerprint density at radius 1 is 1.44 bits per heavy atom. The second-order valence-corrected chi connectivity index (χ2v) is 4.68. The summed E-state index contributed by atoms with van der Waals surface area (Å²) in [5.41, 5.74) is 0.